The molecule has 0 bridgehead atoms. The summed E-state index contributed by atoms with van der Waals surface area (Å²) in [5, 5.41) is 11.5. The van der Waals surface area contributed by atoms with E-state index >= 15 is 0 Å². The van der Waals surface area contributed by atoms with Gasteiger partial charge in [0.2, 0.25) is 5.91 Å². The van der Waals surface area contributed by atoms with Crippen molar-refractivity contribution in [2.45, 2.75) is 38.6 Å². The molecule has 5 heteroatoms. The Morgan fingerprint density at radius 1 is 1.25 bits per heavy atom. The Morgan fingerprint density at radius 2 is 1.85 bits per heavy atom. The molecule has 0 saturated carbocycles. The van der Waals surface area contributed by atoms with Crippen molar-refractivity contribution in [2.24, 2.45) is 0 Å². The summed E-state index contributed by atoms with van der Waals surface area (Å²) in [6.07, 6.45) is 0.701. The van der Waals surface area contributed by atoms with Gasteiger partial charge in [0.15, 0.2) is 0 Å². The van der Waals surface area contributed by atoms with Crippen molar-refractivity contribution in [1.82, 2.24) is 5.32 Å². The summed E-state index contributed by atoms with van der Waals surface area (Å²) < 4.78 is 5.05. The zero-order valence-electron chi connectivity index (χ0n) is 12.1. The number of carbonyl (C=O) groups is 2. The van der Waals surface area contributed by atoms with Gasteiger partial charge in [-0.3, -0.25) is 9.59 Å². The predicted octanol–water partition coefficient (Wildman–Crippen LogP) is 2.00. The molecule has 0 aliphatic carbocycles. The SMILES string of the molecule is COc1ccc(CC(=O)NC(C)(C)CCC(=O)O)cc1. The number of nitrogens with one attached hydrogen (secondary N) is 1. The number of carbonyl (C=O) groups excluding carboxylic acids is 1. The molecule has 2 N–H and O–H groups in total. The van der Waals surface area contributed by atoms with Crippen LogP contribution in [-0.4, -0.2) is 29.6 Å². The first kappa shape index (κ1) is 16.0. The van der Waals surface area contributed by atoms with E-state index in [1.54, 1.807) is 19.2 Å². The Hall–Kier alpha value is -2.04. The third-order valence-corrected chi connectivity index (χ3v) is 2.97. The van der Waals surface area contributed by atoms with Crippen LogP contribution >= 0.6 is 0 Å². The molecule has 0 aromatic heterocycles. The largest absolute Gasteiger partial charge is 0.497 e. The molecule has 110 valence electrons. The van der Waals surface area contributed by atoms with Crippen LogP contribution in [0.3, 0.4) is 0 Å². The monoisotopic (exact) mass is 279 g/mol. The van der Waals surface area contributed by atoms with Gasteiger partial charge in [-0.1, -0.05) is 12.1 Å². The molecule has 0 saturated heterocycles. The van der Waals surface area contributed by atoms with E-state index in [0.29, 0.717) is 6.42 Å². The van der Waals surface area contributed by atoms with Crippen LogP contribution in [0.4, 0.5) is 0 Å². The zero-order valence-corrected chi connectivity index (χ0v) is 12.1. The van der Waals surface area contributed by atoms with E-state index in [1.807, 2.05) is 26.0 Å². The number of hydrogen-bond donors (Lipinski definition) is 2. The maximum Gasteiger partial charge on any atom is 0.303 e. The van der Waals surface area contributed by atoms with Crippen molar-refractivity contribution >= 4 is 11.9 Å². The molecule has 0 atom stereocenters. The molecule has 1 aromatic rings. The lowest BCUT2D eigenvalue weighted by Crippen LogP contribution is -2.44. The van der Waals surface area contributed by atoms with Crippen molar-refractivity contribution in [1.29, 1.82) is 0 Å². The van der Waals surface area contributed by atoms with Crippen LogP contribution in [0.2, 0.25) is 0 Å². The molecule has 0 aliphatic rings. The van der Waals surface area contributed by atoms with Gasteiger partial charge in [0, 0.05) is 12.0 Å². The van der Waals surface area contributed by atoms with Crippen LogP contribution < -0.4 is 10.1 Å². The molecule has 1 amide bonds. The van der Waals surface area contributed by atoms with E-state index < -0.39 is 11.5 Å². The molecule has 1 aromatic carbocycles. The number of carboxylic acid groups (broad SMARTS) is 1. The number of rotatable bonds is 7. The summed E-state index contributed by atoms with van der Waals surface area (Å²) in [6.45, 7) is 3.64. The lowest BCUT2D eigenvalue weighted by molar-refractivity contribution is -0.137. The first-order valence-electron chi connectivity index (χ1n) is 6.48. The van der Waals surface area contributed by atoms with Crippen LogP contribution in [0, 0.1) is 0 Å². The summed E-state index contributed by atoms with van der Waals surface area (Å²) in [4.78, 5) is 22.5. The molecular formula is C15H21NO4. The van der Waals surface area contributed by atoms with E-state index in [9.17, 15) is 9.59 Å². The average molecular weight is 279 g/mol. The Morgan fingerprint density at radius 3 is 2.35 bits per heavy atom. The lowest BCUT2D eigenvalue weighted by atomic mass is 9.98. The van der Waals surface area contributed by atoms with Crippen LogP contribution in [0.15, 0.2) is 24.3 Å². The van der Waals surface area contributed by atoms with E-state index in [2.05, 4.69) is 5.32 Å². The summed E-state index contributed by atoms with van der Waals surface area (Å²) in [5.41, 5.74) is 0.361. The molecule has 0 spiro atoms. The second kappa shape index (κ2) is 6.93. The van der Waals surface area contributed by atoms with E-state index in [-0.39, 0.29) is 18.7 Å². The fourth-order valence-corrected chi connectivity index (χ4v) is 1.83. The van der Waals surface area contributed by atoms with Gasteiger partial charge < -0.3 is 15.2 Å². The van der Waals surface area contributed by atoms with Crippen LogP contribution in [-0.2, 0) is 16.0 Å². The Labute approximate surface area is 118 Å². The predicted molar refractivity (Wildman–Crippen MR) is 75.8 cm³/mol. The summed E-state index contributed by atoms with van der Waals surface area (Å²) in [5.74, 6) is -0.232. The highest BCUT2D eigenvalue weighted by Crippen LogP contribution is 2.14. The zero-order chi connectivity index (χ0) is 15.2. The van der Waals surface area contributed by atoms with E-state index in [1.165, 1.54) is 0 Å². The topological polar surface area (TPSA) is 75.6 Å². The third-order valence-electron chi connectivity index (χ3n) is 2.97. The van der Waals surface area contributed by atoms with Gasteiger partial charge in [0.05, 0.1) is 13.5 Å². The molecule has 5 nitrogen and oxygen atoms in total. The van der Waals surface area contributed by atoms with Crippen LogP contribution in [0.1, 0.15) is 32.3 Å². The van der Waals surface area contributed by atoms with Crippen molar-refractivity contribution in [3.05, 3.63) is 29.8 Å². The van der Waals surface area contributed by atoms with Crippen molar-refractivity contribution in [3.63, 3.8) is 0 Å². The molecule has 0 fully saturated rings. The highest BCUT2D eigenvalue weighted by molar-refractivity contribution is 5.79. The van der Waals surface area contributed by atoms with Crippen molar-refractivity contribution in [2.75, 3.05) is 7.11 Å². The third kappa shape index (κ3) is 5.73. The number of hydrogen-bond acceptors (Lipinski definition) is 3. The smallest absolute Gasteiger partial charge is 0.303 e. The highest BCUT2D eigenvalue weighted by Gasteiger charge is 2.21. The Kier molecular flexibility index (Phi) is 5.55. The van der Waals surface area contributed by atoms with Gasteiger partial charge in [0.25, 0.3) is 0 Å². The van der Waals surface area contributed by atoms with Crippen LogP contribution in [0.25, 0.3) is 0 Å². The summed E-state index contributed by atoms with van der Waals surface area (Å²) in [7, 11) is 1.59. The number of methoxy groups -OCH3 is 1. The number of aliphatic carboxylic acids is 1. The minimum absolute atomic E-state index is 0.0375. The minimum atomic E-state index is -0.859. The first-order chi connectivity index (χ1) is 9.32. The molecule has 0 aliphatic heterocycles. The van der Waals surface area contributed by atoms with Gasteiger partial charge in [-0.2, -0.15) is 0 Å². The second-order valence-electron chi connectivity index (χ2n) is 5.35. The van der Waals surface area contributed by atoms with E-state index in [4.69, 9.17) is 9.84 Å². The van der Waals surface area contributed by atoms with Gasteiger partial charge >= 0.3 is 5.97 Å². The Balaban J connectivity index is 2.51. The number of benzene rings is 1. The highest BCUT2D eigenvalue weighted by atomic mass is 16.5. The fraction of sp³-hybridized carbons (Fsp3) is 0.467. The quantitative estimate of drug-likeness (QED) is 0.800. The molecular weight excluding hydrogens is 258 g/mol. The first-order valence-corrected chi connectivity index (χ1v) is 6.48. The van der Waals surface area contributed by atoms with Crippen molar-refractivity contribution in [3.8, 4) is 5.75 Å². The van der Waals surface area contributed by atoms with E-state index in [0.717, 1.165) is 11.3 Å². The normalized spacial score (nSPS) is 10.9. The Bertz CT molecular complexity index is 465. The van der Waals surface area contributed by atoms with Gasteiger partial charge in [-0.05, 0) is 38.0 Å². The average Bonchev–Trinajstić information content (AvgIpc) is 2.37. The molecule has 1 rings (SSSR count). The van der Waals surface area contributed by atoms with Crippen LogP contribution in [0.5, 0.6) is 5.75 Å². The standard InChI is InChI=1S/C15H21NO4/c1-15(2,9-8-14(18)19)16-13(17)10-11-4-6-12(20-3)7-5-11/h4-7H,8-10H2,1-3H3,(H,16,17)(H,18,19). The maximum atomic E-state index is 11.9. The summed E-state index contributed by atoms with van der Waals surface area (Å²) in [6, 6.07) is 7.28. The fourth-order valence-electron chi connectivity index (χ4n) is 1.83. The number of ether oxygens (including phenoxy) is 1. The molecule has 0 unspecified atom stereocenters. The van der Waals surface area contributed by atoms with Gasteiger partial charge in [-0.25, -0.2) is 0 Å². The molecule has 20 heavy (non-hydrogen) atoms. The number of amides is 1. The van der Waals surface area contributed by atoms with Gasteiger partial charge in [0.1, 0.15) is 5.75 Å². The second-order valence-corrected chi connectivity index (χ2v) is 5.35. The maximum absolute atomic E-state index is 11.9. The molecule has 0 heterocycles. The minimum Gasteiger partial charge on any atom is -0.497 e. The van der Waals surface area contributed by atoms with Gasteiger partial charge in [-0.15, -0.1) is 0 Å². The van der Waals surface area contributed by atoms with Crippen molar-refractivity contribution < 1.29 is 19.4 Å². The molecule has 0 radical (unpaired) electrons. The summed E-state index contributed by atoms with van der Waals surface area (Å²) >= 11 is 0. The number of carboxylic acids is 1. The lowest BCUT2D eigenvalue weighted by Gasteiger charge is -2.25.